The highest BCUT2D eigenvalue weighted by atomic mass is 32.2. The number of aliphatic carboxylic acids is 1. The summed E-state index contributed by atoms with van der Waals surface area (Å²) in [6.07, 6.45) is 2.20. The van der Waals surface area contributed by atoms with Gasteiger partial charge in [-0.05, 0) is 39.0 Å². The van der Waals surface area contributed by atoms with E-state index < -0.39 is 21.6 Å². The minimum absolute atomic E-state index is 0.145. The van der Waals surface area contributed by atoms with Crippen molar-refractivity contribution in [3.05, 3.63) is 0 Å². The number of nitrogens with zero attached hydrogens (tertiary/aromatic N) is 1. The van der Waals surface area contributed by atoms with Gasteiger partial charge in [0.2, 0.25) is 0 Å². The molecule has 1 unspecified atom stereocenters. The van der Waals surface area contributed by atoms with Crippen LogP contribution in [0.1, 0.15) is 40.0 Å². The molecule has 112 valence electrons. The monoisotopic (exact) mass is 292 g/mol. The van der Waals surface area contributed by atoms with Crippen LogP contribution in [0.3, 0.4) is 0 Å². The molecule has 0 radical (unpaired) electrons. The molecule has 0 aromatic rings. The Morgan fingerprint density at radius 1 is 1.47 bits per heavy atom. The SMILES string of the molecule is CC1CCCN(S(=O)(=O)NCCC(C)(C)C(=O)O)C1. The second kappa shape index (κ2) is 6.19. The smallest absolute Gasteiger partial charge is 0.309 e. The lowest BCUT2D eigenvalue weighted by molar-refractivity contribution is -0.147. The minimum atomic E-state index is -3.47. The Hall–Kier alpha value is -0.660. The third kappa shape index (κ3) is 4.74. The molecule has 0 aromatic carbocycles. The zero-order chi connectivity index (χ0) is 14.7. The van der Waals surface area contributed by atoms with Crippen molar-refractivity contribution in [2.45, 2.75) is 40.0 Å². The fraction of sp³-hybridized carbons (Fsp3) is 0.917. The average molecular weight is 292 g/mol. The molecule has 1 saturated heterocycles. The molecule has 1 aliphatic heterocycles. The summed E-state index contributed by atoms with van der Waals surface area (Å²) in [5.41, 5.74) is -0.919. The molecular formula is C12H24N2O4S. The van der Waals surface area contributed by atoms with Crippen molar-refractivity contribution >= 4 is 16.2 Å². The molecule has 0 aromatic heterocycles. The van der Waals surface area contributed by atoms with Crippen LogP contribution in [0, 0.1) is 11.3 Å². The second-order valence-electron chi connectivity index (χ2n) is 5.94. The third-order valence-electron chi connectivity index (χ3n) is 3.57. The summed E-state index contributed by atoms with van der Waals surface area (Å²) >= 11 is 0. The topological polar surface area (TPSA) is 86.7 Å². The highest BCUT2D eigenvalue weighted by Crippen LogP contribution is 2.20. The van der Waals surface area contributed by atoms with Gasteiger partial charge in [-0.1, -0.05) is 6.92 Å². The fourth-order valence-electron chi connectivity index (χ4n) is 2.06. The number of carbonyl (C=O) groups is 1. The lowest BCUT2D eigenvalue weighted by Gasteiger charge is -2.30. The Morgan fingerprint density at radius 2 is 2.11 bits per heavy atom. The largest absolute Gasteiger partial charge is 0.481 e. The Bertz CT molecular complexity index is 419. The van der Waals surface area contributed by atoms with Crippen LogP contribution in [0.5, 0.6) is 0 Å². The number of nitrogens with one attached hydrogen (secondary N) is 1. The number of carboxylic acids is 1. The summed E-state index contributed by atoms with van der Waals surface area (Å²) in [6.45, 7) is 6.45. The van der Waals surface area contributed by atoms with Gasteiger partial charge in [-0.15, -0.1) is 0 Å². The molecule has 0 spiro atoms. The third-order valence-corrected chi connectivity index (χ3v) is 5.15. The van der Waals surface area contributed by atoms with Gasteiger partial charge in [0, 0.05) is 19.6 Å². The van der Waals surface area contributed by atoms with E-state index in [4.69, 9.17) is 5.11 Å². The molecule has 19 heavy (non-hydrogen) atoms. The van der Waals surface area contributed by atoms with E-state index >= 15 is 0 Å². The maximum atomic E-state index is 12.1. The van der Waals surface area contributed by atoms with Crippen LogP contribution in [0.2, 0.25) is 0 Å². The fourth-order valence-corrected chi connectivity index (χ4v) is 3.42. The van der Waals surface area contributed by atoms with Gasteiger partial charge in [0.1, 0.15) is 0 Å². The van der Waals surface area contributed by atoms with Crippen LogP contribution >= 0.6 is 0 Å². The first-order chi connectivity index (χ1) is 8.65. The van der Waals surface area contributed by atoms with E-state index in [0.29, 0.717) is 19.0 Å². The molecule has 0 bridgehead atoms. The first-order valence-corrected chi connectivity index (χ1v) is 8.07. The lowest BCUT2D eigenvalue weighted by Crippen LogP contribution is -2.46. The van der Waals surface area contributed by atoms with Crippen molar-refractivity contribution in [1.82, 2.24) is 9.03 Å². The number of piperidine rings is 1. The number of carboxylic acid groups (broad SMARTS) is 1. The standard InChI is InChI=1S/C12H24N2O4S/c1-10-5-4-8-14(9-10)19(17,18)13-7-6-12(2,3)11(15)16/h10,13H,4-9H2,1-3H3,(H,15,16). The van der Waals surface area contributed by atoms with Crippen molar-refractivity contribution in [2.75, 3.05) is 19.6 Å². The molecule has 0 saturated carbocycles. The maximum Gasteiger partial charge on any atom is 0.309 e. The van der Waals surface area contributed by atoms with E-state index in [1.807, 2.05) is 6.92 Å². The lowest BCUT2D eigenvalue weighted by atomic mass is 9.90. The summed E-state index contributed by atoms with van der Waals surface area (Å²) < 4.78 is 28.1. The summed E-state index contributed by atoms with van der Waals surface area (Å²) in [7, 11) is -3.47. The summed E-state index contributed by atoms with van der Waals surface area (Å²) in [6, 6.07) is 0. The highest BCUT2D eigenvalue weighted by Gasteiger charge is 2.29. The van der Waals surface area contributed by atoms with E-state index in [-0.39, 0.29) is 13.0 Å². The zero-order valence-electron chi connectivity index (χ0n) is 11.8. The van der Waals surface area contributed by atoms with Gasteiger partial charge >= 0.3 is 5.97 Å². The van der Waals surface area contributed by atoms with Gasteiger partial charge < -0.3 is 5.11 Å². The Kier molecular flexibility index (Phi) is 5.34. The van der Waals surface area contributed by atoms with Crippen LogP contribution in [0.25, 0.3) is 0 Å². The Balaban J connectivity index is 2.49. The maximum absolute atomic E-state index is 12.1. The van der Waals surface area contributed by atoms with Gasteiger partial charge in [-0.2, -0.15) is 12.7 Å². The molecule has 1 atom stereocenters. The Labute approximate surface area is 115 Å². The van der Waals surface area contributed by atoms with Gasteiger partial charge in [-0.25, -0.2) is 4.72 Å². The first kappa shape index (κ1) is 16.4. The van der Waals surface area contributed by atoms with Crippen molar-refractivity contribution in [3.63, 3.8) is 0 Å². The number of hydrogen-bond acceptors (Lipinski definition) is 3. The van der Waals surface area contributed by atoms with Gasteiger partial charge in [0.25, 0.3) is 10.2 Å². The second-order valence-corrected chi connectivity index (χ2v) is 7.70. The predicted octanol–water partition coefficient (Wildman–Crippen LogP) is 1.05. The van der Waals surface area contributed by atoms with Crippen LogP contribution in [0.4, 0.5) is 0 Å². The van der Waals surface area contributed by atoms with Crippen LogP contribution in [-0.2, 0) is 15.0 Å². The van der Waals surface area contributed by atoms with Crippen LogP contribution < -0.4 is 4.72 Å². The molecule has 0 aliphatic carbocycles. The van der Waals surface area contributed by atoms with Crippen LogP contribution in [-0.4, -0.2) is 43.4 Å². The molecule has 6 nitrogen and oxygen atoms in total. The van der Waals surface area contributed by atoms with E-state index in [0.717, 1.165) is 12.8 Å². The summed E-state index contributed by atoms with van der Waals surface area (Å²) in [5.74, 6) is -0.543. The Morgan fingerprint density at radius 3 is 2.63 bits per heavy atom. The van der Waals surface area contributed by atoms with E-state index in [1.165, 1.54) is 4.31 Å². The minimum Gasteiger partial charge on any atom is -0.481 e. The van der Waals surface area contributed by atoms with Crippen molar-refractivity contribution in [3.8, 4) is 0 Å². The highest BCUT2D eigenvalue weighted by molar-refractivity contribution is 7.87. The number of rotatable bonds is 6. The summed E-state index contributed by atoms with van der Waals surface area (Å²) in [5, 5.41) is 8.97. The molecule has 0 amide bonds. The van der Waals surface area contributed by atoms with Crippen LogP contribution in [0.15, 0.2) is 0 Å². The first-order valence-electron chi connectivity index (χ1n) is 6.63. The molecule has 7 heteroatoms. The quantitative estimate of drug-likeness (QED) is 0.766. The van der Waals surface area contributed by atoms with Crippen molar-refractivity contribution < 1.29 is 18.3 Å². The van der Waals surface area contributed by atoms with Gasteiger partial charge in [0.05, 0.1) is 5.41 Å². The van der Waals surface area contributed by atoms with E-state index in [2.05, 4.69) is 4.72 Å². The van der Waals surface area contributed by atoms with Gasteiger partial charge in [0.15, 0.2) is 0 Å². The average Bonchev–Trinajstić information content (AvgIpc) is 2.28. The molecule has 1 rings (SSSR count). The van der Waals surface area contributed by atoms with Crippen molar-refractivity contribution in [2.24, 2.45) is 11.3 Å². The molecule has 1 aliphatic rings. The van der Waals surface area contributed by atoms with E-state index in [1.54, 1.807) is 13.8 Å². The molecule has 2 N–H and O–H groups in total. The van der Waals surface area contributed by atoms with Gasteiger partial charge in [-0.3, -0.25) is 4.79 Å². The predicted molar refractivity (Wildman–Crippen MR) is 72.9 cm³/mol. The zero-order valence-corrected chi connectivity index (χ0v) is 12.7. The van der Waals surface area contributed by atoms with Crippen molar-refractivity contribution in [1.29, 1.82) is 0 Å². The van der Waals surface area contributed by atoms with E-state index in [9.17, 15) is 13.2 Å². The normalized spacial score (nSPS) is 22.4. The molecule has 1 heterocycles. The number of hydrogen-bond donors (Lipinski definition) is 2. The molecule has 1 fully saturated rings. The molecular weight excluding hydrogens is 268 g/mol. The summed E-state index contributed by atoms with van der Waals surface area (Å²) in [4.78, 5) is 10.9.